The summed E-state index contributed by atoms with van der Waals surface area (Å²) in [6, 6.07) is 11.1. The second-order valence-corrected chi connectivity index (χ2v) is 7.22. The number of fused-ring (bicyclic) bond motifs is 1. The Morgan fingerprint density at radius 1 is 1.08 bits per heavy atom. The number of aromatic nitrogens is 2. The fourth-order valence-corrected chi connectivity index (χ4v) is 2.66. The van der Waals surface area contributed by atoms with E-state index < -0.39 is 0 Å². The van der Waals surface area contributed by atoms with Crippen LogP contribution in [0.15, 0.2) is 52.8 Å². The van der Waals surface area contributed by atoms with Crippen LogP contribution < -0.4 is 0 Å². The van der Waals surface area contributed by atoms with Gasteiger partial charge in [0.1, 0.15) is 5.65 Å². The van der Waals surface area contributed by atoms with Gasteiger partial charge in [-0.1, -0.05) is 26.8 Å². The molecule has 2 heterocycles. The van der Waals surface area contributed by atoms with E-state index >= 15 is 0 Å². The highest BCUT2D eigenvalue weighted by molar-refractivity contribution is 5.94. The molecule has 0 radical (unpaired) electrons. The van der Waals surface area contributed by atoms with Crippen LogP contribution in [0.25, 0.3) is 5.65 Å². The van der Waals surface area contributed by atoms with Crippen LogP contribution in [0.1, 0.15) is 49.3 Å². The monoisotopic (exact) mass is 334 g/mol. The van der Waals surface area contributed by atoms with E-state index in [1.54, 1.807) is 31.2 Å². The Morgan fingerprint density at radius 3 is 2.36 bits per heavy atom. The first-order chi connectivity index (χ1) is 11.8. The lowest BCUT2D eigenvalue weighted by Crippen LogP contribution is -2.11. The Kier molecular flexibility index (Phi) is 4.25. The minimum Gasteiger partial charge on any atom is -0.295 e. The zero-order valence-corrected chi connectivity index (χ0v) is 15.2. The molecule has 0 spiro atoms. The molecule has 0 bridgehead atoms. The molecule has 5 heteroatoms. The van der Waals surface area contributed by atoms with Crippen LogP contribution in [0.4, 0.5) is 11.5 Å². The van der Waals surface area contributed by atoms with E-state index in [1.165, 1.54) is 0 Å². The molecule has 5 nitrogen and oxygen atoms in total. The van der Waals surface area contributed by atoms with Gasteiger partial charge in [0.05, 0.1) is 11.4 Å². The SMILES string of the molecule is CC(=O)c1ccc(N=Nc2c(C(C)(C)C)nc3c(C)cccn23)cc1. The maximum absolute atomic E-state index is 11.4. The van der Waals surface area contributed by atoms with Crippen LogP contribution in [0.5, 0.6) is 0 Å². The first kappa shape index (κ1) is 17.0. The molecule has 0 saturated carbocycles. The molecule has 0 fully saturated rings. The number of Topliss-reactive ketones (excluding diaryl/α,β-unsaturated/α-hetero) is 1. The van der Waals surface area contributed by atoms with Gasteiger partial charge in [-0.15, -0.1) is 10.2 Å². The van der Waals surface area contributed by atoms with E-state index in [2.05, 4.69) is 31.0 Å². The number of benzene rings is 1. The van der Waals surface area contributed by atoms with E-state index in [1.807, 2.05) is 29.7 Å². The van der Waals surface area contributed by atoms with Crippen molar-refractivity contribution in [3.8, 4) is 0 Å². The zero-order chi connectivity index (χ0) is 18.2. The Labute approximate surface area is 147 Å². The van der Waals surface area contributed by atoms with Crippen molar-refractivity contribution in [3.63, 3.8) is 0 Å². The van der Waals surface area contributed by atoms with Crippen molar-refractivity contribution in [1.29, 1.82) is 0 Å². The van der Waals surface area contributed by atoms with Crippen LogP contribution >= 0.6 is 0 Å². The molecule has 2 aromatic heterocycles. The standard InChI is InChI=1S/C20H22N4O/c1-13-7-6-12-24-18(13)21-17(20(3,4)5)19(24)23-22-16-10-8-15(9-11-16)14(2)25/h6-12H,1-5H3. The number of aryl methyl sites for hydroxylation is 1. The maximum atomic E-state index is 11.4. The number of hydrogen-bond donors (Lipinski definition) is 0. The third-order valence-electron chi connectivity index (χ3n) is 4.06. The van der Waals surface area contributed by atoms with E-state index in [0.29, 0.717) is 11.3 Å². The highest BCUT2D eigenvalue weighted by Gasteiger charge is 2.24. The van der Waals surface area contributed by atoms with Gasteiger partial charge >= 0.3 is 0 Å². The van der Waals surface area contributed by atoms with Gasteiger partial charge < -0.3 is 0 Å². The lowest BCUT2D eigenvalue weighted by atomic mass is 9.92. The molecule has 0 atom stereocenters. The summed E-state index contributed by atoms with van der Waals surface area (Å²) in [4.78, 5) is 16.2. The summed E-state index contributed by atoms with van der Waals surface area (Å²) in [6.45, 7) is 9.93. The Hall–Kier alpha value is -2.82. The molecule has 0 saturated heterocycles. The number of carbonyl (C=O) groups is 1. The lowest BCUT2D eigenvalue weighted by Gasteiger charge is -2.15. The van der Waals surface area contributed by atoms with E-state index in [4.69, 9.17) is 4.98 Å². The predicted molar refractivity (Wildman–Crippen MR) is 99.3 cm³/mol. The minimum absolute atomic E-state index is 0.0377. The molecule has 25 heavy (non-hydrogen) atoms. The Morgan fingerprint density at radius 2 is 1.76 bits per heavy atom. The summed E-state index contributed by atoms with van der Waals surface area (Å²) >= 11 is 0. The average Bonchev–Trinajstić information content (AvgIpc) is 2.94. The summed E-state index contributed by atoms with van der Waals surface area (Å²) in [5, 5.41) is 8.84. The highest BCUT2D eigenvalue weighted by Crippen LogP contribution is 2.33. The van der Waals surface area contributed by atoms with Crippen LogP contribution in [0.2, 0.25) is 0 Å². The molecule has 0 aliphatic rings. The molecule has 0 aliphatic carbocycles. The molecule has 3 rings (SSSR count). The molecule has 0 amide bonds. The van der Waals surface area contributed by atoms with Crippen LogP contribution in [0.3, 0.4) is 0 Å². The minimum atomic E-state index is -0.148. The van der Waals surface area contributed by atoms with Gasteiger partial charge in [-0.3, -0.25) is 9.20 Å². The number of rotatable bonds is 3. The van der Waals surface area contributed by atoms with Crippen molar-refractivity contribution in [1.82, 2.24) is 9.38 Å². The van der Waals surface area contributed by atoms with E-state index in [9.17, 15) is 4.79 Å². The van der Waals surface area contributed by atoms with Crippen LogP contribution in [0, 0.1) is 6.92 Å². The van der Waals surface area contributed by atoms with Gasteiger partial charge in [-0.2, -0.15) is 0 Å². The van der Waals surface area contributed by atoms with Gasteiger partial charge in [0, 0.05) is 17.2 Å². The van der Waals surface area contributed by atoms with Crippen molar-refractivity contribution in [3.05, 3.63) is 59.4 Å². The van der Waals surface area contributed by atoms with Gasteiger partial charge in [0.2, 0.25) is 0 Å². The molecule has 3 aromatic rings. The largest absolute Gasteiger partial charge is 0.295 e. The molecular weight excluding hydrogens is 312 g/mol. The normalized spacial score (nSPS) is 12.2. The number of carbonyl (C=O) groups excluding carboxylic acids is 1. The number of ketones is 1. The van der Waals surface area contributed by atoms with E-state index in [-0.39, 0.29) is 11.2 Å². The van der Waals surface area contributed by atoms with E-state index in [0.717, 1.165) is 22.7 Å². The smallest absolute Gasteiger partial charge is 0.183 e. The maximum Gasteiger partial charge on any atom is 0.183 e. The Bertz CT molecular complexity index is 960. The summed E-state index contributed by atoms with van der Waals surface area (Å²) in [7, 11) is 0. The molecular formula is C20H22N4O. The molecule has 0 unspecified atom stereocenters. The van der Waals surface area contributed by atoms with Crippen molar-refractivity contribution in [2.45, 2.75) is 40.0 Å². The van der Waals surface area contributed by atoms with Crippen LogP contribution in [-0.2, 0) is 5.41 Å². The fourth-order valence-electron chi connectivity index (χ4n) is 2.66. The second-order valence-electron chi connectivity index (χ2n) is 7.22. The molecule has 0 aliphatic heterocycles. The number of azo groups is 1. The average molecular weight is 334 g/mol. The number of imidazole rings is 1. The molecule has 1 aromatic carbocycles. The van der Waals surface area contributed by atoms with Gasteiger partial charge in [-0.05, 0) is 49.7 Å². The quantitative estimate of drug-likeness (QED) is 0.465. The first-order valence-corrected chi connectivity index (χ1v) is 8.28. The van der Waals surface area contributed by atoms with Crippen LogP contribution in [-0.4, -0.2) is 15.2 Å². The number of pyridine rings is 1. The third-order valence-corrected chi connectivity index (χ3v) is 4.06. The zero-order valence-electron chi connectivity index (χ0n) is 15.2. The second kappa shape index (κ2) is 6.24. The summed E-state index contributed by atoms with van der Waals surface area (Å²) in [5.41, 5.74) is 4.12. The molecule has 128 valence electrons. The number of nitrogens with zero attached hydrogens (tertiary/aromatic N) is 4. The van der Waals surface area contributed by atoms with Crippen molar-refractivity contribution >= 4 is 22.9 Å². The fraction of sp³-hybridized carbons (Fsp3) is 0.300. The van der Waals surface area contributed by atoms with Crippen molar-refractivity contribution in [2.75, 3.05) is 0 Å². The first-order valence-electron chi connectivity index (χ1n) is 8.28. The Balaban J connectivity index is 2.08. The van der Waals surface area contributed by atoms with Gasteiger partial charge in [-0.25, -0.2) is 4.98 Å². The van der Waals surface area contributed by atoms with Gasteiger partial charge in [0.15, 0.2) is 11.6 Å². The third kappa shape index (κ3) is 3.36. The summed E-state index contributed by atoms with van der Waals surface area (Å²) in [5.74, 6) is 0.776. The number of hydrogen-bond acceptors (Lipinski definition) is 4. The predicted octanol–water partition coefficient (Wildman–Crippen LogP) is 5.56. The topological polar surface area (TPSA) is 59.1 Å². The summed E-state index contributed by atoms with van der Waals surface area (Å²) in [6.07, 6.45) is 1.96. The van der Waals surface area contributed by atoms with Crippen molar-refractivity contribution < 1.29 is 4.79 Å². The summed E-state index contributed by atoms with van der Waals surface area (Å²) < 4.78 is 1.98. The molecule has 0 N–H and O–H groups in total. The lowest BCUT2D eigenvalue weighted by molar-refractivity contribution is 0.101. The van der Waals surface area contributed by atoms with Gasteiger partial charge in [0.25, 0.3) is 0 Å². The van der Waals surface area contributed by atoms with Crippen molar-refractivity contribution in [2.24, 2.45) is 10.2 Å². The highest BCUT2D eigenvalue weighted by atomic mass is 16.1.